The van der Waals surface area contributed by atoms with Crippen LogP contribution in [0.5, 0.6) is 0 Å². The molecule has 34 nitrogen and oxygen atoms in total. The molecule has 1 unspecified atom stereocenters. The van der Waals surface area contributed by atoms with Gasteiger partial charge in [0.25, 0.3) is 0 Å². The van der Waals surface area contributed by atoms with E-state index in [1.807, 2.05) is 13.0 Å². The molecule has 10 fully saturated rings. The van der Waals surface area contributed by atoms with E-state index in [4.69, 9.17) is 56.8 Å². The fourth-order valence-corrected chi connectivity index (χ4v) is 19.3. The van der Waals surface area contributed by atoms with Crippen LogP contribution in [0, 0.1) is 50.2 Å². The second kappa shape index (κ2) is 29.0. The molecule has 568 valence electrons. The van der Waals surface area contributed by atoms with Gasteiger partial charge in [0, 0.05) is 5.41 Å². The topological polar surface area (TPSA) is 550 Å². The molecule has 0 radical (unpaired) electrons. The van der Waals surface area contributed by atoms with Gasteiger partial charge in [-0.05, 0) is 113 Å². The van der Waals surface area contributed by atoms with E-state index in [0.29, 0.717) is 25.7 Å². The highest BCUT2D eigenvalue weighted by Crippen LogP contribution is 2.76. The van der Waals surface area contributed by atoms with Crippen molar-refractivity contribution in [3.8, 4) is 0 Å². The molecule has 5 aliphatic carbocycles. The van der Waals surface area contributed by atoms with Gasteiger partial charge in [-0.15, -0.1) is 0 Å². The standard InChI is InChI=1S/C65H104O34/c1-23-34(72)49(96-55-43(81)39(77)36(74)30(19-67)92-55)50(97-53-45(83)41(79)47(24(2)90-53)94-52-46(84)48(28(71)21-88-52)95-54-42(80)38(76)35(73)29(18-66)91-54)57(89-23)99-59(87)64-13-12-60(3,4)16-26(64)25-8-9-32-61(5)17-27(70)51(98-56-44(82)40(78)37(75)31(20-68)93-56)63(7,58(85)86)33(61)10-11-62(32,6)65(25,22-69)15-14-64/h8,23-24,26-57,66-84H,9-22H2,1-7H3,(H,85,86)/t23-,24+,26+,27+,28-,29-,30-,31-,32-,33?,34+,35+,36-,37-,38+,39+,40+,41+,42-,43-,44-,45-,46-,47+,48+,49+,50-,51+,52+,53+,54+,55+,56+,57+,61-,62-,63+,64+,65+/m1/s1. The van der Waals surface area contributed by atoms with Crippen molar-refractivity contribution in [1.29, 1.82) is 0 Å². The zero-order valence-electron chi connectivity index (χ0n) is 56.3. The quantitative estimate of drug-likeness (QED) is 0.0366. The number of aliphatic hydroxyl groups is 19. The summed E-state index contributed by atoms with van der Waals surface area (Å²) < 4.78 is 72.0. The molecule has 0 spiro atoms. The van der Waals surface area contributed by atoms with Crippen molar-refractivity contribution in [3.05, 3.63) is 11.6 Å². The SMILES string of the molecule is C[C@@H]1O[C@@H](O[C@H]2[C@H](OC(=O)[C@]34CCC(C)(C)C[C@H]3C3=CC[C@@H]5[C@@]6(C)C[C@H](O)[C@H](O[C@@H]7O[C@H](CO)[C@@H](O)[C@H](O)[C@H]7O)[C@@](C)(C(=O)O)C6CC[C@@]5(C)[C@]3(CO)CC4)O[C@H](C)[C@H](O)[C@@H]2O[C@@H]2O[C@H](CO)[C@@H](O)[C@H](O)[C@H]2O)[C@H](O)[C@H](O)[C@H]1O[C@@H]1OC[C@@H](O)[C@H](O[C@@H]2O[C@H](CO)[C@H](O)[C@H](O)[C@H]2O)[C@H]1O. The van der Waals surface area contributed by atoms with Crippen molar-refractivity contribution in [2.45, 2.75) is 297 Å². The number of carboxylic acids is 1. The third-order valence-electron chi connectivity index (χ3n) is 25.2. The van der Waals surface area contributed by atoms with Crippen LogP contribution in [-0.2, 0) is 66.4 Å². The maximum atomic E-state index is 16.0. The molecule has 0 aromatic rings. The summed E-state index contributed by atoms with van der Waals surface area (Å²) in [6.07, 6.45) is -50.7. The van der Waals surface area contributed by atoms with Crippen molar-refractivity contribution < 1.29 is 169 Å². The molecule has 20 N–H and O–H groups in total. The minimum Gasteiger partial charge on any atom is -0.481 e. The Kier molecular flexibility index (Phi) is 22.7. The second-order valence-electron chi connectivity index (χ2n) is 31.2. The number of hydrogen-bond donors (Lipinski definition) is 20. The van der Waals surface area contributed by atoms with Crippen molar-refractivity contribution >= 4 is 11.9 Å². The fourth-order valence-electron chi connectivity index (χ4n) is 19.3. The molecule has 6 saturated heterocycles. The van der Waals surface area contributed by atoms with Gasteiger partial charge in [0.15, 0.2) is 37.6 Å². The minimum absolute atomic E-state index is 0.0185. The summed E-state index contributed by atoms with van der Waals surface area (Å²) in [6.45, 7) is 8.84. The van der Waals surface area contributed by atoms with Crippen LogP contribution in [0.15, 0.2) is 11.6 Å². The molecule has 39 atom stereocenters. The van der Waals surface area contributed by atoms with Gasteiger partial charge in [-0.3, -0.25) is 9.59 Å². The van der Waals surface area contributed by atoms with E-state index in [1.54, 1.807) is 0 Å². The molecule has 0 amide bonds. The normalized spacial score (nSPS) is 54.5. The molecule has 11 aliphatic rings. The summed E-state index contributed by atoms with van der Waals surface area (Å²) in [4.78, 5) is 29.9. The molecule has 0 aromatic carbocycles. The van der Waals surface area contributed by atoms with Crippen molar-refractivity contribution in [2.75, 3.05) is 33.0 Å². The van der Waals surface area contributed by atoms with E-state index in [9.17, 15) is 107 Å². The minimum atomic E-state index is -2.16. The lowest BCUT2D eigenvalue weighted by molar-refractivity contribution is -0.393. The third-order valence-corrected chi connectivity index (χ3v) is 25.2. The summed E-state index contributed by atoms with van der Waals surface area (Å²) in [7, 11) is 0. The number of rotatable bonds is 17. The molecular weight excluding hydrogens is 1320 g/mol. The van der Waals surface area contributed by atoms with E-state index in [1.165, 1.54) is 20.8 Å². The Morgan fingerprint density at radius 3 is 1.53 bits per heavy atom. The van der Waals surface area contributed by atoms with Crippen LogP contribution in [0.25, 0.3) is 0 Å². The van der Waals surface area contributed by atoms with Crippen molar-refractivity contribution in [1.82, 2.24) is 0 Å². The van der Waals surface area contributed by atoms with Gasteiger partial charge in [-0.25, -0.2) is 0 Å². The number of aliphatic carboxylic acids is 1. The Bertz CT molecular complexity index is 2840. The average Bonchev–Trinajstić information content (AvgIpc) is 0.669. The van der Waals surface area contributed by atoms with Crippen molar-refractivity contribution in [2.24, 2.45) is 50.2 Å². The van der Waals surface area contributed by atoms with Crippen LogP contribution in [0.3, 0.4) is 0 Å². The zero-order chi connectivity index (χ0) is 72.5. The molecule has 99 heavy (non-hydrogen) atoms. The van der Waals surface area contributed by atoms with Crippen molar-refractivity contribution in [3.63, 3.8) is 0 Å². The average molecular weight is 1430 g/mol. The number of esters is 1. The van der Waals surface area contributed by atoms with Crippen LogP contribution in [0.2, 0.25) is 0 Å². The van der Waals surface area contributed by atoms with Gasteiger partial charge >= 0.3 is 11.9 Å². The lowest BCUT2D eigenvalue weighted by atomic mass is 9.33. The molecule has 6 aliphatic heterocycles. The fraction of sp³-hybridized carbons (Fsp3) is 0.938. The maximum Gasteiger partial charge on any atom is 0.315 e. The number of ether oxygens (including phenoxy) is 12. The lowest BCUT2D eigenvalue weighted by Gasteiger charge is -2.71. The highest BCUT2D eigenvalue weighted by atomic mass is 16.8. The number of hydrogen-bond acceptors (Lipinski definition) is 33. The number of fused-ring (bicyclic) bond motifs is 7. The highest BCUT2D eigenvalue weighted by Gasteiger charge is 2.74. The molecule has 6 heterocycles. The van der Waals surface area contributed by atoms with Crippen LogP contribution in [0.4, 0.5) is 0 Å². The van der Waals surface area contributed by atoms with E-state index in [0.717, 1.165) is 5.57 Å². The first-order chi connectivity index (χ1) is 46.4. The number of carbonyl (C=O) groups excluding carboxylic acids is 1. The summed E-state index contributed by atoms with van der Waals surface area (Å²) in [5, 5.41) is 220. The van der Waals surface area contributed by atoms with Gasteiger partial charge in [0.2, 0.25) is 6.29 Å². The zero-order valence-corrected chi connectivity index (χ0v) is 56.3. The number of aliphatic hydroxyl groups excluding tert-OH is 19. The van der Waals surface area contributed by atoms with Crippen LogP contribution < -0.4 is 0 Å². The molecular formula is C65H104O34. The Morgan fingerprint density at radius 1 is 0.485 bits per heavy atom. The summed E-state index contributed by atoms with van der Waals surface area (Å²) in [5.41, 5.74) is -5.78. The Morgan fingerprint density at radius 2 is 0.980 bits per heavy atom. The second-order valence-corrected chi connectivity index (χ2v) is 31.2. The van der Waals surface area contributed by atoms with E-state index < -0.39 is 286 Å². The summed E-state index contributed by atoms with van der Waals surface area (Å²) >= 11 is 0. The summed E-state index contributed by atoms with van der Waals surface area (Å²) in [6, 6.07) is 0. The van der Waals surface area contributed by atoms with Gasteiger partial charge in [-0.1, -0.05) is 39.3 Å². The largest absolute Gasteiger partial charge is 0.481 e. The van der Waals surface area contributed by atoms with E-state index in [2.05, 4.69) is 20.8 Å². The van der Waals surface area contributed by atoms with Crippen LogP contribution >= 0.6 is 0 Å². The van der Waals surface area contributed by atoms with Crippen LogP contribution in [0.1, 0.15) is 106 Å². The monoisotopic (exact) mass is 1430 g/mol. The maximum absolute atomic E-state index is 16.0. The molecule has 4 saturated carbocycles. The Balaban J connectivity index is 0.873. The van der Waals surface area contributed by atoms with Gasteiger partial charge in [0.1, 0.15) is 128 Å². The lowest BCUT2D eigenvalue weighted by Crippen LogP contribution is -2.71. The number of carboxylic acid groups (broad SMARTS) is 1. The summed E-state index contributed by atoms with van der Waals surface area (Å²) in [5.74, 6) is -3.92. The van der Waals surface area contributed by atoms with E-state index in [-0.39, 0.29) is 32.1 Å². The predicted molar refractivity (Wildman–Crippen MR) is 324 cm³/mol. The van der Waals surface area contributed by atoms with Gasteiger partial charge in [-0.2, -0.15) is 0 Å². The van der Waals surface area contributed by atoms with E-state index >= 15 is 4.79 Å². The first kappa shape index (κ1) is 77.6. The highest BCUT2D eigenvalue weighted by molar-refractivity contribution is 5.79. The number of carbonyl (C=O) groups is 2. The number of allylic oxidation sites excluding steroid dienone is 1. The van der Waals surface area contributed by atoms with Gasteiger partial charge < -0.3 is 159 Å². The van der Waals surface area contributed by atoms with Crippen LogP contribution in [-0.4, -0.2) is 337 Å². The predicted octanol–water partition coefficient (Wildman–Crippen LogP) is -6.68. The Labute approximate surface area is 570 Å². The molecule has 11 rings (SSSR count). The molecule has 0 bridgehead atoms. The first-order valence-electron chi connectivity index (χ1n) is 34.4. The molecule has 34 heteroatoms. The van der Waals surface area contributed by atoms with Gasteiger partial charge in [0.05, 0.1) is 62.2 Å². The smallest absolute Gasteiger partial charge is 0.315 e. The Hall–Kier alpha value is -2.52. The first-order valence-corrected chi connectivity index (χ1v) is 34.4. The third kappa shape index (κ3) is 13.0. The molecule has 0 aromatic heterocycles.